The van der Waals surface area contributed by atoms with Gasteiger partial charge in [-0.2, -0.15) is 0 Å². The first-order valence-electron chi connectivity index (χ1n) is 8.61. The Balaban J connectivity index is 1.73. The van der Waals surface area contributed by atoms with Crippen LogP contribution in [-0.2, 0) is 17.8 Å². The van der Waals surface area contributed by atoms with Gasteiger partial charge in [0.2, 0.25) is 0 Å². The Kier molecular flexibility index (Phi) is 6.57. The molecule has 0 bridgehead atoms. The molecule has 142 valence electrons. The van der Waals surface area contributed by atoms with E-state index in [9.17, 15) is 9.90 Å². The number of hydrogen-bond acceptors (Lipinski definition) is 3. The maximum absolute atomic E-state index is 11.7. The number of carboxylic acids is 1. The number of ether oxygens (including phenoxy) is 1. The molecule has 0 unspecified atom stereocenters. The minimum atomic E-state index is -0.871. The van der Waals surface area contributed by atoms with Crippen molar-refractivity contribution in [1.29, 1.82) is 0 Å². The predicted octanol–water partition coefficient (Wildman–Crippen LogP) is 4.88. The highest BCUT2D eigenvalue weighted by Crippen LogP contribution is 2.34. The summed E-state index contributed by atoms with van der Waals surface area (Å²) < 4.78 is 7.25. The van der Waals surface area contributed by atoms with Crippen molar-refractivity contribution < 1.29 is 14.6 Å². The molecule has 1 heterocycles. The summed E-state index contributed by atoms with van der Waals surface area (Å²) in [6.45, 7) is 2.93. The van der Waals surface area contributed by atoms with Crippen molar-refractivity contribution in [3.63, 3.8) is 0 Å². The molecule has 1 atom stereocenters. The zero-order chi connectivity index (χ0) is 19.4. The quantitative estimate of drug-likeness (QED) is 0.416. The Morgan fingerprint density at radius 1 is 1.26 bits per heavy atom. The van der Waals surface area contributed by atoms with Gasteiger partial charge < -0.3 is 20.1 Å². The van der Waals surface area contributed by atoms with E-state index in [4.69, 9.17) is 4.74 Å². The fraction of sp³-hybridized carbons (Fsp3) is 0.250. The van der Waals surface area contributed by atoms with Crippen molar-refractivity contribution in [1.82, 2.24) is 10.3 Å². The molecule has 0 amide bonds. The summed E-state index contributed by atoms with van der Waals surface area (Å²) in [7, 11) is 0. The number of aromatic amines is 1. The lowest BCUT2D eigenvalue weighted by Crippen LogP contribution is -2.38. The molecule has 3 rings (SSSR count). The van der Waals surface area contributed by atoms with E-state index >= 15 is 0 Å². The number of benzene rings is 2. The van der Waals surface area contributed by atoms with E-state index in [1.165, 1.54) is 0 Å². The number of carboxylic acid groups (broad SMARTS) is 1. The first-order valence-corrected chi connectivity index (χ1v) is 10.2. The summed E-state index contributed by atoms with van der Waals surface area (Å²) in [5, 5.41) is 13.8. The fourth-order valence-electron chi connectivity index (χ4n) is 3.00. The Bertz CT molecular complexity index is 932. The molecule has 0 aliphatic rings. The fourth-order valence-corrected chi connectivity index (χ4v) is 4.52. The second-order valence-electron chi connectivity index (χ2n) is 6.16. The van der Waals surface area contributed by atoms with Crippen molar-refractivity contribution in [3.05, 3.63) is 62.7 Å². The van der Waals surface area contributed by atoms with Gasteiger partial charge in [0.15, 0.2) is 0 Å². The minimum Gasteiger partial charge on any atom is -0.492 e. The number of fused-ring (bicyclic) bond motifs is 1. The van der Waals surface area contributed by atoms with Crippen molar-refractivity contribution >= 4 is 48.7 Å². The number of carbonyl (C=O) groups is 1. The van der Waals surface area contributed by atoms with Crippen LogP contribution in [0.1, 0.15) is 18.1 Å². The Morgan fingerprint density at radius 3 is 2.63 bits per heavy atom. The topological polar surface area (TPSA) is 74.3 Å². The summed E-state index contributed by atoms with van der Waals surface area (Å²) in [5.41, 5.74) is 2.96. The number of nitrogens with one attached hydrogen (secondary N) is 2. The first-order chi connectivity index (χ1) is 13.0. The van der Waals surface area contributed by atoms with Crippen molar-refractivity contribution in [2.75, 3.05) is 6.61 Å². The molecule has 3 N–H and O–H groups in total. The smallest absolute Gasteiger partial charge is 0.321 e. The van der Waals surface area contributed by atoms with Crippen LogP contribution in [0.2, 0.25) is 0 Å². The van der Waals surface area contributed by atoms with Gasteiger partial charge in [-0.05, 0) is 68.1 Å². The third kappa shape index (κ3) is 4.72. The molecular weight excluding hydrogens is 476 g/mol. The van der Waals surface area contributed by atoms with E-state index in [0.29, 0.717) is 19.6 Å². The van der Waals surface area contributed by atoms with Crippen LogP contribution in [-0.4, -0.2) is 28.7 Å². The SMILES string of the molecule is CCOc1c(Br)cc(CN[C@@H](Cc2c[nH]c3ccccc23)C(=O)O)cc1Br. The van der Waals surface area contributed by atoms with Gasteiger partial charge in [-0.1, -0.05) is 18.2 Å². The molecule has 0 fully saturated rings. The highest BCUT2D eigenvalue weighted by atomic mass is 79.9. The summed E-state index contributed by atoms with van der Waals surface area (Å²) in [6, 6.07) is 11.1. The van der Waals surface area contributed by atoms with E-state index in [0.717, 1.165) is 36.7 Å². The maximum Gasteiger partial charge on any atom is 0.321 e. The molecule has 1 aromatic heterocycles. The zero-order valence-electron chi connectivity index (χ0n) is 14.8. The van der Waals surface area contributed by atoms with E-state index in [1.54, 1.807) is 0 Å². The Morgan fingerprint density at radius 2 is 1.96 bits per heavy atom. The lowest BCUT2D eigenvalue weighted by molar-refractivity contribution is -0.139. The molecule has 0 radical (unpaired) electrons. The standard InChI is InChI=1S/C20H20Br2N2O3/c1-2-27-19-15(21)7-12(8-16(19)22)10-23-18(20(25)26)9-13-11-24-17-6-4-3-5-14(13)17/h3-8,11,18,23-24H,2,9-10H2,1H3,(H,25,26)/t18-/m0/s1. The third-order valence-corrected chi connectivity index (χ3v) is 5.47. The zero-order valence-corrected chi connectivity index (χ0v) is 17.9. The highest BCUT2D eigenvalue weighted by molar-refractivity contribution is 9.11. The predicted molar refractivity (Wildman–Crippen MR) is 113 cm³/mol. The van der Waals surface area contributed by atoms with Gasteiger partial charge in [-0.3, -0.25) is 4.79 Å². The van der Waals surface area contributed by atoms with Crippen LogP contribution in [0.5, 0.6) is 5.75 Å². The lowest BCUT2D eigenvalue weighted by Gasteiger charge is -2.16. The number of rotatable bonds is 8. The third-order valence-electron chi connectivity index (χ3n) is 4.30. The first kappa shape index (κ1) is 19.9. The molecule has 7 heteroatoms. The summed E-state index contributed by atoms with van der Waals surface area (Å²) in [5.74, 6) is -0.126. The second-order valence-corrected chi connectivity index (χ2v) is 7.87. The van der Waals surface area contributed by atoms with E-state index in [2.05, 4.69) is 42.2 Å². The summed E-state index contributed by atoms with van der Waals surface area (Å²) in [6.07, 6.45) is 2.28. The van der Waals surface area contributed by atoms with Crippen LogP contribution in [0.15, 0.2) is 51.5 Å². The van der Waals surface area contributed by atoms with Crippen molar-refractivity contribution in [2.45, 2.75) is 25.9 Å². The van der Waals surface area contributed by atoms with Gasteiger partial charge in [0.05, 0.1) is 15.6 Å². The van der Waals surface area contributed by atoms with Crippen LogP contribution in [0.3, 0.4) is 0 Å². The van der Waals surface area contributed by atoms with Crippen molar-refractivity contribution in [2.24, 2.45) is 0 Å². The normalized spacial score (nSPS) is 12.3. The molecule has 27 heavy (non-hydrogen) atoms. The molecule has 0 spiro atoms. The number of hydrogen-bond donors (Lipinski definition) is 3. The number of halogens is 2. The van der Waals surface area contributed by atoms with E-state index < -0.39 is 12.0 Å². The Labute approximate surface area is 174 Å². The van der Waals surface area contributed by atoms with Gasteiger partial charge in [0.25, 0.3) is 0 Å². The molecule has 2 aromatic carbocycles. The molecule has 5 nitrogen and oxygen atoms in total. The van der Waals surface area contributed by atoms with Gasteiger partial charge >= 0.3 is 5.97 Å². The molecule has 3 aromatic rings. The van der Waals surface area contributed by atoms with Crippen LogP contribution in [0, 0.1) is 0 Å². The van der Waals surface area contributed by atoms with E-state index in [1.807, 2.05) is 49.5 Å². The molecular formula is C20H20Br2N2O3. The molecule has 0 aliphatic carbocycles. The minimum absolute atomic E-state index is 0.402. The number of para-hydroxylation sites is 1. The summed E-state index contributed by atoms with van der Waals surface area (Å²) >= 11 is 7.01. The second kappa shape index (κ2) is 8.91. The lowest BCUT2D eigenvalue weighted by atomic mass is 10.0. The molecule has 0 saturated carbocycles. The summed E-state index contributed by atoms with van der Waals surface area (Å²) in [4.78, 5) is 14.9. The van der Waals surface area contributed by atoms with Crippen LogP contribution in [0.25, 0.3) is 10.9 Å². The monoisotopic (exact) mass is 494 g/mol. The van der Waals surface area contributed by atoms with Crippen LogP contribution in [0.4, 0.5) is 0 Å². The number of H-pyrrole nitrogens is 1. The average Bonchev–Trinajstić information content (AvgIpc) is 3.04. The maximum atomic E-state index is 11.7. The van der Waals surface area contributed by atoms with Crippen LogP contribution < -0.4 is 10.1 Å². The largest absolute Gasteiger partial charge is 0.492 e. The average molecular weight is 496 g/mol. The molecule has 0 aliphatic heterocycles. The molecule has 0 saturated heterocycles. The number of aromatic nitrogens is 1. The highest BCUT2D eigenvalue weighted by Gasteiger charge is 2.19. The Hall–Kier alpha value is -1.83. The van der Waals surface area contributed by atoms with Gasteiger partial charge in [-0.15, -0.1) is 0 Å². The van der Waals surface area contributed by atoms with Crippen molar-refractivity contribution in [3.8, 4) is 5.75 Å². The van der Waals surface area contributed by atoms with Crippen LogP contribution >= 0.6 is 31.9 Å². The van der Waals surface area contributed by atoms with E-state index in [-0.39, 0.29) is 0 Å². The number of aliphatic carboxylic acids is 1. The van der Waals surface area contributed by atoms with Gasteiger partial charge in [0.1, 0.15) is 11.8 Å². The van der Waals surface area contributed by atoms with Gasteiger partial charge in [0, 0.05) is 30.1 Å². The van der Waals surface area contributed by atoms with Gasteiger partial charge in [-0.25, -0.2) is 0 Å².